The number of nitrogens with two attached hydrogens (primary N) is 1. The van der Waals surface area contributed by atoms with Crippen molar-refractivity contribution in [2.45, 2.75) is 33.4 Å². The molecular formula is C12H20N2O2. The average Bonchev–Trinajstić information content (AvgIpc) is 2.65. The quantitative estimate of drug-likeness (QED) is 0.774. The zero-order valence-electron chi connectivity index (χ0n) is 10.1. The van der Waals surface area contributed by atoms with E-state index in [1.54, 1.807) is 11.5 Å². The van der Waals surface area contributed by atoms with Gasteiger partial charge in [-0.25, -0.2) is 0 Å². The van der Waals surface area contributed by atoms with Crippen LogP contribution in [-0.2, 0) is 16.1 Å². The first-order chi connectivity index (χ1) is 7.54. The lowest BCUT2D eigenvalue weighted by molar-refractivity contribution is -0.143. The minimum absolute atomic E-state index is 0.0171. The van der Waals surface area contributed by atoms with Gasteiger partial charge >= 0.3 is 5.97 Å². The van der Waals surface area contributed by atoms with E-state index in [2.05, 4.69) is 13.8 Å². The van der Waals surface area contributed by atoms with Crippen molar-refractivity contribution in [2.75, 3.05) is 6.61 Å². The molecule has 1 aromatic heterocycles. The van der Waals surface area contributed by atoms with Crippen LogP contribution in [0, 0.1) is 5.92 Å². The van der Waals surface area contributed by atoms with Crippen molar-refractivity contribution in [1.82, 2.24) is 4.57 Å². The van der Waals surface area contributed by atoms with Gasteiger partial charge in [-0.3, -0.25) is 4.79 Å². The Bertz CT molecular complexity index is 345. The summed E-state index contributed by atoms with van der Waals surface area (Å²) in [6.45, 7) is 6.62. The number of rotatable bonds is 5. The molecule has 0 aliphatic rings. The maximum Gasteiger partial charge on any atom is 0.325 e. The highest BCUT2D eigenvalue weighted by Gasteiger charge is 2.12. The Morgan fingerprint density at radius 2 is 2.25 bits per heavy atom. The van der Waals surface area contributed by atoms with Crippen LogP contribution in [0.25, 0.3) is 0 Å². The molecule has 16 heavy (non-hydrogen) atoms. The van der Waals surface area contributed by atoms with E-state index in [0.29, 0.717) is 12.5 Å². The van der Waals surface area contributed by atoms with E-state index in [1.807, 2.05) is 18.5 Å². The number of carbonyl (C=O) groups excluding carboxylic acids is 1. The minimum Gasteiger partial charge on any atom is -0.465 e. The van der Waals surface area contributed by atoms with E-state index in [9.17, 15) is 4.79 Å². The zero-order chi connectivity index (χ0) is 12.1. The molecule has 0 amide bonds. The van der Waals surface area contributed by atoms with Crippen molar-refractivity contribution in [2.24, 2.45) is 11.7 Å². The van der Waals surface area contributed by atoms with Gasteiger partial charge in [-0.05, 0) is 24.5 Å². The topological polar surface area (TPSA) is 57.2 Å². The summed E-state index contributed by atoms with van der Waals surface area (Å²) in [5, 5.41) is 0. The number of carbonyl (C=O) groups is 1. The lowest BCUT2D eigenvalue weighted by atomic mass is 10.00. The van der Waals surface area contributed by atoms with Gasteiger partial charge in [0, 0.05) is 18.4 Å². The van der Waals surface area contributed by atoms with Gasteiger partial charge in [-0.2, -0.15) is 0 Å². The second-order valence-corrected chi connectivity index (χ2v) is 4.19. The standard InChI is InChI=1S/C12H20N2O2/c1-4-16-11(15)8-14-6-5-10(7-14)12(13)9(2)3/h5-7,9,12H,4,8,13H2,1-3H3. The van der Waals surface area contributed by atoms with Gasteiger partial charge in [-0.1, -0.05) is 13.8 Å². The fraction of sp³-hybridized carbons (Fsp3) is 0.583. The Morgan fingerprint density at radius 3 is 2.81 bits per heavy atom. The van der Waals surface area contributed by atoms with Crippen LogP contribution >= 0.6 is 0 Å². The largest absolute Gasteiger partial charge is 0.465 e. The number of aromatic nitrogens is 1. The van der Waals surface area contributed by atoms with Crippen molar-refractivity contribution >= 4 is 5.97 Å². The fourth-order valence-corrected chi connectivity index (χ4v) is 1.50. The highest BCUT2D eigenvalue weighted by molar-refractivity contribution is 5.69. The first kappa shape index (κ1) is 12.8. The van der Waals surface area contributed by atoms with Crippen molar-refractivity contribution in [3.05, 3.63) is 24.0 Å². The van der Waals surface area contributed by atoms with Gasteiger partial charge in [-0.15, -0.1) is 0 Å². The van der Waals surface area contributed by atoms with Crippen LogP contribution in [0.2, 0.25) is 0 Å². The third kappa shape index (κ3) is 3.38. The summed E-state index contributed by atoms with van der Waals surface area (Å²) in [5.74, 6) is 0.168. The Balaban J connectivity index is 2.61. The Labute approximate surface area is 96.4 Å². The second kappa shape index (κ2) is 5.70. The monoisotopic (exact) mass is 224 g/mol. The first-order valence-electron chi connectivity index (χ1n) is 5.61. The first-order valence-corrected chi connectivity index (χ1v) is 5.61. The molecule has 4 heteroatoms. The van der Waals surface area contributed by atoms with Crippen LogP contribution < -0.4 is 5.73 Å². The molecule has 0 aromatic carbocycles. The van der Waals surface area contributed by atoms with Crippen LogP contribution in [0.1, 0.15) is 32.4 Å². The lowest BCUT2D eigenvalue weighted by Gasteiger charge is -2.13. The van der Waals surface area contributed by atoms with E-state index in [4.69, 9.17) is 10.5 Å². The third-order valence-electron chi connectivity index (χ3n) is 2.49. The molecular weight excluding hydrogens is 204 g/mol. The van der Waals surface area contributed by atoms with Crippen LogP contribution in [0.15, 0.2) is 18.5 Å². The summed E-state index contributed by atoms with van der Waals surface area (Å²) < 4.78 is 6.67. The number of esters is 1. The van der Waals surface area contributed by atoms with Gasteiger partial charge < -0.3 is 15.0 Å². The molecule has 90 valence electrons. The molecule has 0 saturated carbocycles. The highest BCUT2D eigenvalue weighted by atomic mass is 16.5. The van der Waals surface area contributed by atoms with Crippen LogP contribution in [0.4, 0.5) is 0 Å². The zero-order valence-corrected chi connectivity index (χ0v) is 10.1. The Hall–Kier alpha value is -1.29. The summed E-state index contributed by atoms with van der Waals surface area (Å²) in [4.78, 5) is 11.3. The van der Waals surface area contributed by atoms with Gasteiger partial charge in [0.15, 0.2) is 0 Å². The number of ether oxygens (including phenoxy) is 1. The molecule has 0 radical (unpaired) electrons. The predicted molar refractivity (Wildman–Crippen MR) is 62.8 cm³/mol. The van der Waals surface area contributed by atoms with Crippen molar-refractivity contribution in [3.8, 4) is 0 Å². The smallest absolute Gasteiger partial charge is 0.325 e. The van der Waals surface area contributed by atoms with Crippen LogP contribution in [-0.4, -0.2) is 17.1 Å². The van der Waals surface area contributed by atoms with Crippen molar-refractivity contribution in [1.29, 1.82) is 0 Å². The van der Waals surface area contributed by atoms with Crippen molar-refractivity contribution in [3.63, 3.8) is 0 Å². The highest BCUT2D eigenvalue weighted by Crippen LogP contribution is 2.18. The molecule has 0 saturated heterocycles. The molecule has 0 aliphatic heterocycles. The predicted octanol–water partition coefficient (Wildman–Crippen LogP) is 1.71. The van der Waals surface area contributed by atoms with E-state index >= 15 is 0 Å². The maximum absolute atomic E-state index is 11.3. The molecule has 2 N–H and O–H groups in total. The average molecular weight is 224 g/mol. The SMILES string of the molecule is CCOC(=O)Cn1ccc(C(N)C(C)C)c1. The molecule has 1 atom stereocenters. The van der Waals surface area contributed by atoms with Crippen LogP contribution in [0.3, 0.4) is 0 Å². The summed E-state index contributed by atoms with van der Waals surface area (Å²) in [6, 6.07) is 1.97. The molecule has 4 nitrogen and oxygen atoms in total. The second-order valence-electron chi connectivity index (χ2n) is 4.19. The Morgan fingerprint density at radius 1 is 1.56 bits per heavy atom. The number of nitrogens with zero attached hydrogens (tertiary/aromatic N) is 1. The molecule has 0 spiro atoms. The van der Waals surface area contributed by atoms with E-state index in [-0.39, 0.29) is 18.6 Å². The summed E-state index contributed by atoms with van der Waals surface area (Å²) in [5.41, 5.74) is 7.07. The maximum atomic E-state index is 11.3. The number of hydrogen-bond acceptors (Lipinski definition) is 3. The molecule has 1 heterocycles. The number of hydrogen-bond donors (Lipinski definition) is 1. The summed E-state index contributed by atoms with van der Waals surface area (Å²) in [6.07, 6.45) is 3.76. The lowest BCUT2D eigenvalue weighted by Crippen LogP contribution is -2.16. The third-order valence-corrected chi connectivity index (χ3v) is 2.49. The molecule has 0 fully saturated rings. The molecule has 1 rings (SSSR count). The molecule has 1 aromatic rings. The minimum atomic E-state index is -0.220. The summed E-state index contributed by atoms with van der Waals surface area (Å²) >= 11 is 0. The van der Waals surface area contributed by atoms with Gasteiger partial charge in [0.2, 0.25) is 0 Å². The van der Waals surface area contributed by atoms with E-state index in [0.717, 1.165) is 5.56 Å². The fourth-order valence-electron chi connectivity index (χ4n) is 1.50. The molecule has 0 bridgehead atoms. The Kier molecular flexibility index (Phi) is 4.55. The van der Waals surface area contributed by atoms with Gasteiger partial charge in [0.25, 0.3) is 0 Å². The van der Waals surface area contributed by atoms with Gasteiger partial charge in [0.1, 0.15) is 6.54 Å². The van der Waals surface area contributed by atoms with E-state index < -0.39 is 0 Å². The van der Waals surface area contributed by atoms with E-state index in [1.165, 1.54) is 0 Å². The normalized spacial score (nSPS) is 12.8. The van der Waals surface area contributed by atoms with Crippen LogP contribution in [0.5, 0.6) is 0 Å². The van der Waals surface area contributed by atoms with Crippen molar-refractivity contribution < 1.29 is 9.53 Å². The molecule has 1 unspecified atom stereocenters. The summed E-state index contributed by atoms with van der Waals surface area (Å²) in [7, 11) is 0. The van der Waals surface area contributed by atoms with Gasteiger partial charge in [0.05, 0.1) is 6.61 Å². The molecule has 0 aliphatic carbocycles.